The van der Waals surface area contributed by atoms with Crippen LogP contribution in [-0.2, 0) is 6.18 Å². The molecule has 0 bridgehead atoms. The van der Waals surface area contributed by atoms with Crippen molar-refractivity contribution >= 4 is 0 Å². The molecule has 0 aliphatic heterocycles. The van der Waals surface area contributed by atoms with Gasteiger partial charge in [0.2, 0.25) is 0 Å². The Morgan fingerprint density at radius 1 is 1.05 bits per heavy atom. The van der Waals surface area contributed by atoms with Crippen LogP contribution >= 0.6 is 0 Å². The van der Waals surface area contributed by atoms with Gasteiger partial charge in [-0.25, -0.2) is 0 Å². The number of ether oxygens (including phenoxy) is 1. The van der Waals surface area contributed by atoms with Crippen LogP contribution in [0.3, 0.4) is 0 Å². The molecule has 1 rings (SSSR count). The molecule has 0 spiro atoms. The Morgan fingerprint density at radius 2 is 1.65 bits per heavy atom. The zero-order valence-electron chi connectivity index (χ0n) is 12.8. The molecule has 0 aliphatic carbocycles. The summed E-state index contributed by atoms with van der Waals surface area (Å²) in [6.45, 7) is 10.2. The van der Waals surface area contributed by atoms with E-state index in [0.29, 0.717) is 0 Å². The molecule has 0 N–H and O–H groups in total. The van der Waals surface area contributed by atoms with Gasteiger partial charge in [-0.1, -0.05) is 33.3 Å². The lowest BCUT2D eigenvalue weighted by atomic mass is 9.80. The van der Waals surface area contributed by atoms with Crippen LogP contribution in [0.2, 0.25) is 0 Å². The highest BCUT2D eigenvalue weighted by atomic mass is 19.4. The Labute approximate surface area is 119 Å². The SMILES string of the molecule is CCC(C)(C)CC(C)(C)Oc1cccc(C(F)(F)F)c1. The Balaban J connectivity index is 2.87. The molecule has 0 saturated heterocycles. The molecule has 0 atom stereocenters. The van der Waals surface area contributed by atoms with Gasteiger partial charge in [-0.3, -0.25) is 0 Å². The van der Waals surface area contributed by atoms with Gasteiger partial charge in [0.25, 0.3) is 0 Å². The summed E-state index contributed by atoms with van der Waals surface area (Å²) in [5.41, 5.74) is -1.10. The van der Waals surface area contributed by atoms with Gasteiger partial charge < -0.3 is 4.74 Å². The predicted molar refractivity (Wildman–Crippen MR) is 74.8 cm³/mol. The highest BCUT2D eigenvalue weighted by Gasteiger charge is 2.32. The molecule has 0 heterocycles. The third-order valence-corrected chi connectivity index (χ3v) is 3.42. The largest absolute Gasteiger partial charge is 0.488 e. The van der Waals surface area contributed by atoms with Crippen molar-refractivity contribution in [3.05, 3.63) is 29.8 Å². The van der Waals surface area contributed by atoms with Gasteiger partial charge >= 0.3 is 6.18 Å². The second-order valence-corrected chi connectivity index (χ2v) is 6.58. The summed E-state index contributed by atoms with van der Waals surface area (Å²) in [5.74, 6) is 0.261. The summed E-state index contributed by atoms with van der Waals surface area (Å²) >= 11 is 0. The van der Waals surface area contributed by atoms with E-state index in [1.807, 2.05) is 13.8 Å². The first-order chi connectivity index (χ1) is 8.95. The first kappa shape index (κ1) is 16.9. The van der Waals surface area contributed by atoms with Gasteiger partial charge in [-0.15, -0.1) is 0 Å². The predicted octanol–water partition coefficient (Wildman–Crippen LogP) is 5.69. The van der Waals surface area contributed by atoms with E-state index >= 15 is 0 Å². The average molecular weight is 288 g/mol. The molecular formula is C16H23F3O. The van der Waals surface area contributed by atoms with Crippen LogP contribution in [0.1, 0.15) is 53.0 Å². The number of benzene rings is 1. The molecule has 20 heavy (non-hydrogen) atoms. The van der Waals surface area contributed by atoms with Crippen LogP contribution < -0.4 is 4.74 Å². The molecule has 0 aromatic heterocycles. The lowest BCUT2D eigenvalue weighted by Gasteiger charge is -2.35. The minimum absolute atomic E-state index is 0.0884. The maximum Gasteiger partial charge on any atom is 0.416 e. The normalized spacial score (nSPS) is 13.4. The number of rotatable bonds is 5. The zero-order chi connectivity index (χ0) is 15.6. The Kier molecular flexibility index (Phi) is 4.78. The van der Waals surface area contributed by atoms with Gasteiger partial charge in [0.05, 0.1) is 5.56 Å². The van der Waals surface area contributed by atoms with Crippen LogP contribution in [0.5, 0.6) is 5.75 Å². The molecule has 0 saturated carbocycles. The van der Waals surface area contributed by atoms with Crippen molar-refractivity contribution in [2.24, 2.45) is 5.41 Å². The summed E-state index contributed by atoms with van der Waals surface area (Å²) in [6.07, 6.45) is -2.58. The number of halogens is 3. The molecular weight excluding hydrogens is 265 g/mol. The van der Waals surface area contributed by atoms with Crippen LogP contribution in [0, 0.1) is 5.41 Å². The number of hydrogen-bond acceptors (Lipinski definition) is 1. The maximum atomic E-state index is 12.7. The molecule has 1 aromatic carbocycles. The fraction of sp³-hybridized carbons (Fsp3) is 0.625. The van der Waals surface area contributed by atoms with E-state index in [1.54, 1.807) is 6.07 Å². The monoisotopic (exact) mass is 288 g/mol. The molecule has 114 valence electrons. The van der Waals surface area contributed by atoms with Gasteiger partial charge in [-0.2, -0.15) is 13.2 Å². The van der Waals surface area contributed by atoms with Gasteiger partial charge in [0.15, 0.2) is 0 Å². The maximum absolute atomic E-state index is 12.7. The van der Waals surface area contributed by atoms with E-state index in [0.717, 1.165) is 25.0 Å². The van der Waals surface area contributed by atoms with Crippen molar-refractivity contribution < 1.29 is 17.9 Å². The smallest absolute Gasteiger partial charge is 0.416 e. The highest BCUT2D eigenvalue weighted by molar-refractivity contribution is 5.30. The second kappa shape index (κ2) is 5.66. The van der Waals surface area contributed by atoms with Crippen LogP contribution in [0.25, 0.3) is 0 Å². The zero-order valence-corrected chi connectivity index (χ0v) is 12.8. The minimum Gasteiger partial charge on any atom is -0.488 e. The van der Waals surface area contributed by atoms with Crippen molar-refractivity contribution in [3.8, 4) is 5.75 Å². The first-order valence-corrected chi connectivity index (χ1v) is 6.81. The molecule has 0 aliphatic rings. The third-order valence-electron chi connectivity index (χ3n) is 3.42. The highest BCUT2D eigenvalue weighted by Crippen LogP contribution is 2.36. The van der Waals surface area contributed by atoms with E-state index in [1.165, 1.54) is 6.07 Å². The van der Waals surface area contributed by atoms with Crippen molar-refractivity contribution in [1.82, 2.24) is 0 Å². The Morgan fingerprint density at radius 3 is 2.15 bits per heavy atom. The van der Waals surface area contributed by atoms with Crippen molar-refractivity contribution in [3.63, 3.8) is 0 Å². The lowest BCUT2D eigenvalue weighted by Crippen LogP contribution is -2.34. The quantitative estimate of drug-likeness (QED) is 0.676. The Hall–Kier alpha value is -1.19. The average Bonchev–Trinajstić information content (AvgIpc) is 2.26. The van der Waals surface area contributed by atoms with Gasteiger partial charge in [0, 0.05) is 0 Å². The third kappa shape index (κ3) is 5.06. The minimum atomic E-state index is -4.34. The fourth-order valence-electron chi connectivity index (χ4n) is 2.37. The van der Waals surface area contributed by atoms with E-state index < -0.39 is 17.3 Å². The van der Waals surface area contributed by atoms with E-state index in [9.17, 15) is 13.2 Å². The first-order valence-electron chi connectivity index (χ1n) is 6.81. The summed E-state index contributed by atoms with van der Waals surface area (Å²) in [5, 5.41) is 0. The van der Waals surface area contributed by atoms with Crippen LogP contribution in [-0.4, -0.2) is 5.60 Å². The summed E-state index contributed by atoms with van der Waals surface area (Å²) in [6, 6.07) is 5.05. The van der Waals surface area contributed by atoms with Crippen molar-refractivity contribution in [2.75, 3.05) is 0 Å². The number of hydrogen-bond donors (Lipinski definition) is 0. The molecule has 4 heteroatoms. The molecule has 0 fully saturated rings. The molecule has 0 amide bonds. The summed E-state index contributed by atoms with van der Waals surface area (Å²) in [7, 11) is 0. The van der Waals surface area contributed by atoms with Gasteiger partial charge in [0.1, 0.15) is 11.4 Å². The topological polar surface area (TPSA) is 9.23 Å². The summed E-state index contributed by atoms with van der Waals surface area (Å²) in [4.78, 5) is 0. The van der Waals surface area contributed by atoms with Crippen molar-refractivity contribution in [1.29, 1.82) is 0 Å². The standard InChI is InChI=1S/C16H23F3O/c1-6-14(2,3)11-15(4,5)20-13-9-7-8-12(10-13)16(17,18)19/h7-10H,6,11H2,1-5H3. The molecule has 0 unspecified atom stereocenters. The Bertz CT molecular complexity index is 447. The summed E-state index contributed by atoms with van der Waals surface area (Å²) < 4.78 is 43.8. The van der Waals surface area contributed by atoms with Crippen molar-refractivity contribution in [2.45, 2.75) is 59.2 Å². The molecule has 1 nitrogen and oxygen atoms in total. The lowest BCUT2D eigenvalue weighted by molar-refractivity contribution is -0.137. The van der Waals surface area contributed by atoms with E-state index in [-0.39, 0.29) is 11.2 Å². The number of alkyl halides is 3. The van der Waals surface area contributed by atoms with Crippen LogP contribution in [0.4, 0.5) is 13.2 Å². The van der Waals surface area contributed by atoms with E-state index in [2.05, 4.69) is 20.8 Å². The fourth-order valence-corrected chi connectivity index (χ4v) is 2.37. The molecule has 0 radical (unpaired) electrons. The van der Waals surface area contributed by atoms with Crippen LogP contribution in [0.15, 0.2) is 24.3 Å². The second-order valence-electron chi connectivity index (χ2n) is 6.58. The van der Waals surface area contributed by atoms with Gasteiger partial charge in [-0.05, 0) is 43.9 Å². The van der Waals surface area contributed by atoms with E-state index in [4.69, 9.17) is 4.74 Å². The molecule has 1 aromatic rings.